The largest absolute Gasteiger partial charge is 0.398 e. The Kier molecular flexibility index (Phi) is 3.15. The summed E-state index contributed by atoms with van der Waals surface area (Å²) in [6.45, 7) is 3.19. The van der Waals surface area contributed by atoms with Crippen LogP contribution in [0.15, 0.2) is 18.3 Å². The number of hydrogen-bond donors (Lipinski definition) is 1. The van der Waals surface area contributed by atoms with Crippen molar-refractivity contribution < 1.29 is 0 Å². The van der Waals surface area contributed by atoms with Crippen LogP contribution in [-0.2, 0) is 6.54 Å². The first-order chi connectivity index (χ1) is 8.83. The van der Waals surface area contributed by atoms with Gasteiger partial charge in [0, 0.05) is 11.9 Å². The molecule has 0 atom stereocenters. The molecule has 1 aliphatic heterocycles. The summed E-state index contributed by atoms with van der Waals surface area (Å²) >= 11 is 0. The zero-order chi connectivity index (χ0) is 12.4. The molecule has 0 aliphatic carbocycles. The van der Waals surface area contributed by atoms with Crippen LogP contribution in [0, 0.1) is 0 Å². The number of nitrogens with zero attached hydrogens (tertiary/aromatic N) is 4. The van der Waals surface area contributed by atoms with Crippen LogP contribution in [0.25, 0.3) is 5.65 Å². The Morgan fingerprint density at radius 1 is 1.06 bits per heavy atom. The number of aromatic nitrogens is 3. The third kappa shape index (κ3) is 2.31. The molecule has 0 aromatic carbocycles. The maximum absolute atomic E-state index is 5.82. The van der Waals surface area contributed by atoms with Crippen LogP contribution in [0.2, 0.25) is 0 Å². The molecule has 0 amide bonds. The summed E-state index contributed by atoms with van der Waals surface area (Å²) < 4.78 is 2.00. The van der Waals surface area contributed by atoms with Crippen LogP contribution >= 0.6 is 0 Å². The standard InChI is InChI=1S/C13H19N5/c14-11-5-6-12-15-16-13(18(12)9-11)10-17-7-3-1-2-4-8-17/h5-6,9H,1-4,7-8,10,14H2. The highest BCUT2D eigenvalue weighted by Crippen LogP contribution is 2.14. The van der Waals surface area contributed by atoms with Crippen LogP contribution < -0.4 is 5.73 Å². The smallest absolute Gasteiger partial charge is 0.160 e. The summed E-state index contributed by atoms with van der Waals surface area (Å²) in [7, 11) is 0. The topological polar surface area (TPSA) is 59.5 Å². The van der Waals surface area contributed by atoms with Crippen LogP contribution in [0.5, 0.6) is 0 Å². The van der Waals surface area contributed by atoms with Crippen molar-refractivity contribution in [1.29, 1.82) is 0 Å². The first kappa shape index (κ1) is 11.5. The lowest BCUT2D eigenvalue weighted by atomic mass is 10.2. The third-order valence-corrected chi connectivity index (χ3v) is 3.56. The average molecular weight is 245 g/mol. The van der Waals surface area contributed by atoms with Crippen molar-refractivity contribution in [3.8, 4) is 0 Å². The Balaban J connectivity index is 1.83. The van der Waals surface area contributed by atoms with E-state index in [1.165, 1.54) is 25.7 Å². The Labute approximate surface area is 107 Å². The van der Waals surface area contributed by atoms with E-state index >= 15 is 0 Å². The fourth-order valence-corrected chi connectivity index (χ4v) is 2.56. The quantitative estimate of drug-likeness (QED) is 0.874. The lowest BCUT2D eigenvalue weighted by Crippen LogP contribution is -2.25. The molecule has 18 heavy (non-hydrogen) atoms. The van der Waals surface area contributed by atoms with Gasteiger partial charge in [0.05, 0.1) is 6.54 Å². The molecule has 5 heteroatoms. The summed E-state index contributed by atoms with van der Waals surface area (Å²) in [5.74, 6) is 0.985. The van der Waals surface area contributed by atoms with Crippen LogP contribution in [-0.4, -0.2) is 32.6 Å². The van der Waals surface area contributed by atoms with Crippen LogP contribution in [0.4, 0.5) is 5.69 Å². The van der Waals surface area contributed by atoms with E-state index in [-0.39, 0.29) is 0 Å². The van der Waals surface area contributed by atoms with E-state index in [2.05, 4.69) is 15.1 Å². The summed E-state index contributed by atoms with van der Waals surface area (Å²) in [5, 5.41) is 8.46. The number of rotatable bonds is 2. The van der Waals surface area contributed by atoms with Crippen molar-refractivity contribution in [1.82, 2.24) is 19.5 Å². The normalized spacial score (nSPS) is 18.0. The average Bonchev–Trinajstić information content (AvgIpc) is 2.60. The van der Waals surface area contributed by atoms with E-state index in [0.717, 1.165) is 36.8 Å². The van der Waals surface area contributed by atoms with E-state index in [9.17, 15) is 0 Å². The summed E-state index contributed by atoms with van der Waals surface area (Å²) in [6.07, 6.45) is 7.19. The number of nitrogens with two attached hydrogens (primary N) is 1. The predicted molar refractivity (Wildman–Crippen MR) is 71.1 cm³/mol. The van der Waals surface area contributed by atoms with E-state index in [1.54, 1.807) is 0 Å². The predicted octanol–water partition coefficient (Wildman–Crippen LogP) is 1.69. The molecule has 3 rings (SSSR count). The highest BCUT2D eigenvalue weighted by molar-refractivity contribution is 5.47. The minimum atomic E-state index is 0.749. The van der Waals surface area contributed by atoms with Gasteiger partial charge in [-0.25, -0.2) is 0 Å². The van der Waals surface area contributed by atoms with Crippen molar-refractivity contribution in [2.45, 2.75) is 32.2 Å². The van der Waals surface area contributed by atoms with Crippen molar-refractivity contribution in [2.75, 3.05) is 18.8 Å². The second kappa shape index (κ2) is 4.94. The van der Waals surface area contributed by atoms with Crippen LogP contribution in [0.1, 0.15) is 31.5 Å². The second-order valence-corrected chi connectivity index (χ2v) is 5.00. The van der Waals surface area contributed by atoms with E-state index in [0.29, 0.717) is 0 Å². The molecule has 0 radical (unpaired) electrons. The highest BCUT2D eigenvalue weighted by Gasteiger charge is 2.13. The van der Waals surface area contributed by atoms with Gasteiger partial charge in [-0.3, -0.25) is 9.30 Å². The molecule has 96 valence electrons. The first-order valence-electron chi connectivity index (χ1n) is 6.64. The Bertz CT molecular complexity index is 525. The Hall–Kier alpha value is -1.62. The van der Waals surface area contributed by atoms with Gasteiger partial charge in [0.25, 0.3) is 0 Å². The molecule has 3 heterocycles. The van der Waals surface area contributed by atoms with Crippen molar-refractivity contribution in [2.24, 2.45) is 0 Å². The lowest BCUT2D eigenvalue weighted by Gasteiger charge is -2.18. The summed E-state index contributed by atoms with van der Waals surface area (Å²) in [5.41, 5.74) is 7.44. The minimum Gasteiger partial charge on any atom is -0.398 e. The Morgan fingerprint density at radius 3 is 2.61 bits per heavy atom. The van der Waals surface area contributed by atoms with Gasteiger partial charge in [0.2, 0.25) is 0 Å². The molecule has 0 spiro atoms. The van der Waals surface area contributed by atoms with Gasteiger partial charge in [-0.15, -0.1) is 10.2 Å². The number of hydrogen-bond acceptors (Lipinski definition) is 4. The fraction of sp³-hybridized carbons (Fsp3) is 0.538. The first-order valence-corrected chi connectivity index (χ1v) is 6.64. The fourth-order valence-electron chi connectivity index (χ4n) is 2.56. The maximum Gasteiger partial charge on any atom is 0.160 e. The third-order valence-electron chi connectivity index (χ3n) is 3.56. The number of nitrogen functional groups attached to an aromatic ring is 1. The Morgan fingerprint density at radius 2 is 1.83 bits per heavy atom. The van der Waals surface area contributed by atoms with Crippen LogP contribution in [0.3, 0.4) is 0 Å². The molecular formula is C13H19N5. The van der Waals surface area contributed by atoms with Crippen molar-refractivity contribution in [3.63, 3.8) is 0 Å². The van der Waals surface area contributed by atoms with Crippen molar-refractivity contribution >= 4 is 11.3 Å². The van der Waals surface area contributed by atoms with Gasteiger partial charge < -0.3 is 5.73 Å². The maximum atomic E-state index is 5.82. The van der Waals surface area contributed by atoms with Gasteiger partial charge in [0.1, 0.15) is 0 Å². The van der Waals surface area contributed by atoms with Gasteiger partial charge in [-0.1, -0.05) is 12.8 Å². The monoisotopic (exact) mass is 245 g/mol. The molecule has 2 aromatic rings. The SMILES string of the molecule is Nc1ccc2nnc(CN3CCCCCC3)n2c1. The zero-order valence-electron chi connectivity index (χ0n) is 10.5. The second-order valence-electron chi connectivity index (χ2n) is 5.00. The lowest BCUT2D eigenvalue weighted by molar-refractivity contribution is 0.269. The minimum absolute atomic E-state index is 0.749. The van der Waals surface area contributed by atoms with Crippen molar-refractivity contribution in [3.05, 3.63) is 24.2 Å². The molecular weight excluding hydrogens is 226 g/mol. The molecule has 2 aromatic heterocycles. The highest BCUT2D eigenvalue weighted by atomic mass is 15.3. The van der Waals surface area contributed by atoms with E-state index < -0.39 is 0 Å². The molecule has 5 nitrogen and oxygen atoms in total. The number of likely N-dealkylation sites (tertiary alicyclic amines) is 1. The molecule has 1 saturated heterocycles. The number of pyridine rings is 1. The molecule has 0 saturated carbocycles. The van der Waals surface area contributed by atoms with Gasteiger partial charge >= 0.3 is 0 Å². The van der Waals surface area contributed by atoms with Gasteiger partial charge in [-0.2, -0.15) is 0 Å². The summed E-state index contributed by atoms with van der Waals surface area (Å²) in [6, 6.07) is 3.77. The number of anilines is 1. The van der Waals surface area contributed by atoms with Gasteiger partial charge in [0.15, 0.2) is 11.5 Å². The van der Waals surface area contributed by atoms with E-state index in [4.69, 9.17) is 5.73 Å². The number of fused-ring (bicyclic) bond motifs is 1. The molecule has 2 N–H and O–H groups in total. The zero-order valence-corrected chi connectivity index (χ0v) is 10.5. The molecule has 1 fully saturated rings. The molecule has 1 aliphatic rings. The van der Waals surface area contributed by atoms with Gasteiger partial charge in [-0.05, 0) is 38.1 Å². The molecule has 0 bridgehead atoms. The summed E-state index contributed by atoms with van der Waals surface area (Å²) in [4.78, 5) is 2.46. The molecule has 0 unspecified atom stereocenters. The van der Waals surface area contributed by atoms with E-state index in [1.807, 2.05) is 22.7 Å².